The molecule has 0 aliphatic rings. The maximum atomic E-state index is 13.3. The Kier molecular flexibility index (Phi) is 15.2. The molecule has 0 heterocycles. The molecule has 10 nitrogen and oxygen atoms in total. The number of carbonyl (C=O) groups excluding carboxylic acids is 3. The van der Waals surface area contributed by atoms with Gasteiger partial charge in [0.05, 0.1) is 13.7 Å². The molecule has 2 aromatic carbocycles. The predicted octanol–water partition coefficient (Wildman–Crippen LogP) is 5.83. The van der Waals surface area contributed by atoms with E-state index in [0.29, 0.717) is 56.0 Å². The van der Waals surface area contributed by atoms with E-state index < -0.39 is 17.6 Å². The first kappa shape index (κ1) is 36.9. The molecule has 0 bridgehead atoms. The van der Waals surface area contributed by atoms with Gasteiger partial charge in [-0.2, -0.15) is 0 Å². The standard InChI is InChI=1S/C30H43FN4O4.C2H4O2/c1-20(29(2,3)4)35-27(36)26(32)24-18-23(38-17-9-8-16-33-28(37)39-30(5,6)7)14-15-25(24)34-19-21-10-12-22(31)13-11-21;1-4-2-3/h10-15,18,20,32,34H,8-9,16-17,19H2,1-7H3,(H,33,37)(H,35,36);2H,1H3. The largest absolute Gasteiger partial charge is 0.494 e. The first-order chi connectivity index (χ1) is 20.1. The first-order valence-electron chi connectivity index (χ1n) is 14.2. The van der Waals surface area contributed by atoms with E-state index in [1.165, 1.54) is 19.2 Å². The van der Waals surface area contributed by atoms with Crippen LogP contribution in [0.25, 0.3) is 0 Å². The van der Waals surface area contributed by atoms with Crippen molar-refractivity contribution in [3.8, 4) is 5.75 Å². The predicted molar refractivity (Wildman–Crippen MR) is 166 cm³/mol. The Bertz CT molecular complexity index is 1190. The third-order valence-corrected chi connectivity index (χ3v) is 6.13. The van der Waals surface area contributed by atoms with Crippen molar-refractivity contribution >= 4 is 29.9 Å². The molecule has 2 aromatic rings. The number of amides is 2. The molecule has 0 saturated carbocycles. The summed E-state index contributed by atoms with van der Waals surface area (Å²) in [7, 11) is 1.31. The van der Waals surface area contributed by atoms with Gasteiger partial charge in [-0.15, -0.1) is 0 Å². The highest BCUT2D eigenvalue weighted by molar-refractivity contribution is 6.45. The van der Waals surface area contributed by atoms with Crippen LogP contribution < -0.4 is 20.7 Å². The van der Waals surface area contributed by atoms with Gasteiger partial charge in [0.2, 0.25) is 0 Å². The van der Waals surface area contributed by atoms with Crippen LogP contribution in [0.3, 0.4) is 0 Å². The molecular weight excluding hydrogens is 555 g/mol. The fraction of sp³-hybridized carbons (Fsp3) is 0.500. The second kappa shape index (κ2) is 17.7. The van der Waals surface area contributed by atoms with Gasteiger partial charge in [-0.3, -0.25) is 15.0 Å². The molecule has 0 aliphatic heterocycles. The highest BCUT2D eigenvalue weighted by Gasteiger charge is 2.25. The third kappa shape index (κ3) is 15.1. The maximum Gasteiger partial charge on any atom is 0.407 e. The van der Waals surface area contributed by atoms with E-state index in [2.05, 4.69) is 20.7 Å². The summed E-state index contributed by atoms with van der Waals surface area (Å²) in [4.78, 5) is 33.7. The minimum absolute atomic E-state index is 0.144. The molecule has 2 rings (SSSR count). The summed E-state index contributed by atoms with van der Waals surface area (Å²) in [6.07, 6.45) is 0.942. The lowest BCUT2D eigenvalue weighted by atomic mass is 9.88. The zero-order valence-electron chi connectivity index (χ0n) is 26.6. The molecule has 0 radical (unpaired) electrons. The second-order valence-electron chi connectivity index (χ2n) is 11.9. The number of hydrogen-bond acceptors (Lipinski definition) is 8. The molecule has 1 unspecified atom stereocenters. The third-order valence-electron chi connectivity index (χ3n) is 6.13. The lowest BCUT2D eigenvalue weighted by molar-refractivity contribution is -0.126. The van der Waals surface area contributed by atoms with E-state index in [0.717, 1.165) is 5.56 Å². The molecule has 238 valence electrons. The number of rotatable bonds is 13. The lowest BCUT2D eigenvalue weighted by Crippen LogP contribution is -2.44. The fourth-order valence-electron chi connectivity index (χ4n) is 3.30. The molecule has 4 N–H and O–H groups in total. The average molecular weight is 603 g/mol. The maximum absolute atomic E-state index is 13.3. The Hall–Kier alpha value is -4.15. The first-order valence-corrected chi connectivity index (χ1v) is 14.2. The van der Waals surface area contributed by atoms with Crippen LogP contribution in [0.15, 0.2) is 42.5 Å². The molecular formula is C32H47FN4O6. The molecule has 0 fully saturated rings. The van der Waals surface area contributed by atoms with E-state index in [1.54, 1.807) is 30.3 Å². The van der Waals surface area contributed by atoms with Gasteiger partial charge in [-0.1, -0.05) is 32.9 Å². The van der Waals surface area contributed by atoms with Gasteiger partial charge in [0.1, 0.15) is 22.9 Å². The van der Waals surface area contributed by atoms with Gasteiger partial charge < -0.3 is 30.2 Å². The Morgan fingerprint density at radius 3 is 2.21 bits per heavy atom. The van der Waals surface area contributed by atoms with Crippen LogP contribution in [-0.4, -0.2) is 56.1 Å². The van der Waals surface area contributed by atoms with Crippen molar-refractivity contribution in [1.82, 2.24) is 10.6 Å². The van der Waals surface area contributed by atoms with Gasteiger partial charge in [0, 0.05) is 30.4 Å². The average Bonchev–Trinajstić information content (AvgIpc) is 2.93. The number of unbranched alkanes of at least 4 members (excludes halogenated alkanes) is 1. The Labute approximate surface area is 254 Å². The van der Waals surface area contributed by atoms with Crippen molar-refractivity contribution in [3.05, 3.63) is 59.4 Å². The van der Waals surface area contributed by atoms with E-state index >= 15 is 0 Å². The number of carbonyl (C=O) groups is 3. The highest BCUT2D eigenvalue weighted by Crippen LogP contribution is 2.25. The zero-order chi connectivity index (χ0) is 32.6. The Morgan fingerprint density at radius 2 is 1.65 bits per heavy atom. The van der Waals surface area contributed by atoms with Crippen molar-refractivity contribution < 1.29 is 33.0 Å². The summed E-state index contributed by atoms with van der Waals surface area (Å²) in [5.41, 5.74) is 0.972. The van der Waals surface area contributed by atoms with Crippen molar-refractivity contribution in [2.24, 2.45) is 5.41 Å². The number of nitrogens with one attached hydrogen (secondary N) is 4. The molecule has 2 amide bonds. The summed E-state index contributed by atoms with van der Waals surface area (Å²) >= 11 is 0. The minimum Gasteiger partial charge on any atom is -0.494 e. The number of halogens is 1. The van der Waals surface area contributed by atoms with Gasteiger partial charge in [-0.05, 0) is 81.8 Å². The van der Waals surface area contributed by atoms with Crippen molar-refractivity contribution in [2.45, 2.75) is 79.5 Å². The summed E-state index contributed by atoms with van der Waals surface area (Å²) in [6, 6.07) is 11.2. The molecule has 0 spiro atoms. The molecule has 1 atom stereocenters. The Balaban J connectivity index is 0.00000217. The number of anilines is 1. The SMILES string of the molecule is CC(NC(=O)C(=N)c1cc(OCCCCNC(=O)OC(C)(C)C)ccc1NCc1ccc(F)cc1)C(C)(C)C.COC=O. The second-order valence-corrected chi connectivity index (χ2v) is 11.9. The quantitative estimate of drug-likeness (QED) is 0.129. The lowest BCUT2D eigenvalue weighted by Gasteiger charge is -2.28. The molecule has 43 heavy (non-hydrogen) atoms. The number of methoxy groups -OCH3 is 1. The van der Waals surface area contributed by atoms with Crippen LogP contribution in [-0.2, 0) is 25.6 Å². The smallest absolute Gasteiger partial charge is 0.407 e. The molecule has 0 aliphatic carbocycles. The monoisotopic (exact) mass is 602 g/mol. The normalized spacial score (nSPS) is 11.7. The molecule has 0 aromatic heterocycles. The van der Waals surface area contributed by atoms with E-state index in [9.17, 15) is 14.0 Å². The zero-order valence-corrected chi connectivity index (χ0v) is 26.6. The highest BCUT2D eigenvalue weighted by atomic mass is 19.1. The molecule has 11 heteroatoms. The van der Waals surface area contributed by atoms with Crippen LogP contribution in [0.1, 0.15) is 72.4 Å². The Morgan fingerprint density at radius 1 is 1.02 bits per heavy atom. The van der Waals surface area contributed by atoms with Gasteiger partial charge in [0.15, 0.2) is 0 Å². The van der Waals surface area contributed by atoms with Crippen molar-refractivity contribution in [1.29, 1.82) is 5.41 Å². The topological polar surface area (TPSA) is 139 Å². The van der Waals surface area contributed by atoms with E-state index in [4.69, 9.17) is 19.7 Å². The number of alkyl carbamates (subject to hydrolysis) is 1. The van der Waals surface area contributed by atoms with Crippen LogP contribution in [0.4, 0.5) is 14.9 Å². The molecule has 0 saturated heterocycles. The van der Waals surface area contributed by atoms with E-state index in [-0.39, 0.29) is 23.0 Å². The van der Waals surface area contributed by atoms with Gasteiger partial charge in [-0.25, -0.2) is 9.18 Å². The van der Waals surface area contributed by atoms with Crippen LogP contribution >= 0.6 is 0 Å². The fourth-order valence-corrected chi connectivity index (χ4v) is 3.30. The number of benzene rings is 2. The summed E-state index contributed by atoms with van der Waals surface area (Å²) < 4.78 is 28.2. The number of ether oxygens (including phenoxy) is 3. The van der Waals surface area contributed by atoms with Crippen molar-refractivity contribution in [2.75, 3.05) is 25.6 Å². The van der Waals surface area contributed by atoms with Crippen LogP contribution in [0, 0.1) is 16.6 Å². The summed E-state index contributed by atoms with van der Waals surface area (Å²) in [6.45, 7) is 15.1. The number of hydrogen-bond donors (Lipinski definition) is 4. The van der Waals surface area contributed by atoms with Gasteiger partial charge >= 0.3 is 6.09 Å². The summed E-state index contributed by atoms with van der Waals surface area (Å²) in [5, 5.41) is 17.5. The summed E-state index contributed by atoms with van der Waals surface area (Å²) in [5.74, 6) is -0.264. The minimum atomic E-state index is -0.541. The van der Waals surface area contributed by atoms with E-state index in [1.807, 2.05) is 48.5 Å². The van der Waals surface area contributed by atoms with Crippen molar-refractivity contribution in [3.63, 3.8) is 0 Å². The van der Waals surface area contributed by atoms with Crippen LogP contribution in [0.5, 0.6) is 5.75 Å². The van der Waals surface area contributed by atoms with Crippen LogP contribution in [0.2, 0.25) is 0 Å². The van der Waals surface area contributed by atoms with Gasteiger partial charge in [0.25, 0.3) is 12.4 Å².